The SMILES string of the molecule is CC1CC(CN)CN1C(=O)c1cccc(C(F)(F)F)c1F.Cl. The van der Waals surface area contributed by atoms with Crippen LogP contribution in [0.25, 0.3) is 0 Å². The van der Waals surface area contributed by atoms with Gasteiger partial charge in [-0.2, -0.15) is 13.2 Å². The molecule has 0 saturated carbocycles. The zero-order valence-electron chi connectivity index (χ0n) is 11.9. The molecule has 0 aliphatic carbocycles. The van der Waals surface area contributed by atoms with Crippen LogP contribution in [-0.2, 0) is 6.18 Å². The molecular weight excluding hydrogens is 324 g/mol. The van der Waals surface area contributed by atoms with Gasteiger partial charge in [-0.1, -0.05) is 6.07 Å². The largest absolute Gasteiger partial charge is 0.419 e. The number of amides is 1. The van der Waals surface area contributed by atoms with Crippen molar-refractivity contribution in [3.8, 4) is 0 Å². The predicted octanol–water partition coefficient (Wildman–Crippen LogP) is 3.08. The van der Waals surface area contributed by atoms with Crippen LogP contribution in [0, 0.1) is 11.7 Å². The molecule has 22 heavy (non-hydrogen) atoms. The van der Waals surface area contributed by atoms with Crippen LogP contribution < -0.4 is 5.73 Å². The van der Waals surface area contributed by atoms with Crippen molar-refractivity contribution in [1.82, 2.24) is 4.90 Å². The second-order valence-corrected chi connectivity index (χ2v) is 5.31. The average molecular weight is 341 g/mol. The molecule has 1 fully saturated rings. The summed E-state index contributed by atoms with van der Waals surface area (Å²) in [5, 5.41) is 0. The Hall–Kier alpha value is -1.34. The van der Waals surface area contributed by atoms with E-state index in [-0.39, 0.29) is 24.4 Å². The van der Waals surface area contributed by atoms with Crippen molar-refractivity contribution in [3.63, 3.8) is 0 Å². The fourth-order valence-corrected chi connectivity index (χ4v) is 2.67. The number of hydrogen-bond acceptors (Lipinski definition) is 2. The molecule has 1 amide bonds. The fraction of sp³-hybridized carbons (Fsp3) is 0.500. The molecule has 1 aliphatic heterocycles. The van der Waals surface area contributed by atoms with E-state index in [0.717, 1.165) is 12.1 Å². The zero-order valence-corrected chi connectivity index (χ0v) is 12.7. The number of nitrogens with two attached hydrogens (primary N) is 1. The van der Waals surface area contributed by atoms with Gasteiger partial charge in [-0.25, -0.2) is 4.39 Å². The topological polar surface area (TPSA) is 46.3 Å². The smallest absolute Gasteiger partial charge is 0.336 e. The summed E-state index contributed by atoms with van der Waals surface area (Å²) in [6.07, 6.45) is -4.15. The Morgan fingerprint density at radius 1 is 1.41 bits per heavy atom. The highest BCUT2D eigenvalue weighted by Gasteiger charge is 2.38. The molecule has 1 aliphatic rings. The van der Waals surface area contributed by atoms with Gasteiger partial charge in [-0.15, -0.1) is 12.4 Å². The minimum atomic E-state index is -4.82. The van der Waals surface area contributed by atoms with E-state index < -0.39 is 29.0 Å². The fourth-order valence-electron chi connectivity index (χ4n) is 2.67. The highest BCUT2D eigenvalue weighted by Crippen LogP contribution is 2.33. The maximum atomic E-state index is 14.0. The normalized spacial score (nSPS) is 21.6. The molecular formula is C14H17ClF4N2O. The lowest BCUT2D eigenvalue weighted by atomic mass is 10.1. The summed E-state index contributed by atoms with van der Waals surface area (Å²) < 4.78 is 52.0. The second-order valence-electron chi connectivity index (χ2n) is 5.31. The Balaban J connectivity index is 0.00000242. The summed E-state index contributed by atoms with van der Waals surface area (Å²) in [7, 11) is 0. The highest BCUT2D eigenvalue weighted by atomic mass is 35.5. The van der Waals surface area contributed by atoms with Crippen molar-refractivity contribution in [2.24, 2.45) is 11.7 Å². The van der Waals surface area contributed by atoms with Crippen LogP contribution in [0.5, 0.6) is 0 Å². The van der Waals surface area contributed by atoms with Gasteiger partial charge < -0.3 is 10.6 Å². The standard InChI is InChI=1S/C14H16F4N2O.ClH/c1-8-5-9(6-19)7-20(8)13(21)10-3-2-4-11(12(10)15)14(16,17)18;/h2-4,8-9H,5-7,19H2,1H3;1H. The van der Waals surface area contributed by atoms with Crippen molar-refractivity contribution in [3.05, 3.63) is 35.1 Å². The number of rotatable bonds is 2. The lowest BCUT2D eigenvalue weighted by Gasteiger charge is -2.22. The number of carbonyl (C=O) groups is 1. The van der Waals surface area contributed by atoms with Crippen LogP contribution >= 0.6 is 12.4 Å². The first kappa shape index (κ1) is 18.7. The lowest BCUT2D eigenvalue weighted by molar-refractivity contribution is -0.140. The summed E-state index contributed by atoms with van der Waals surface area (Å²) in [6, 6.07) is 2.58. The van der Waals surface area contributed by atoms with Crippen LogP contribution in [0.2, 0.25) is 0 Å². The molecule has 2 atom stereocenters. The van der Waals surface area contributed by atoms with Gasteiger partial charge in [0.25, 0.3) is 5.91 Å². The lowest BCUT2D eigenvalue weighted by Crippen LogP contribution is -2.35. The Kier molecular flexibility index (Phi) is 5.81. The van der Waals surface area contributed by atoms with Crippen molar-refractivity contribution in [2.45, 2.75) is 25.6 Å². The molecule has 2 rings (SSSR count). The summed E-state index contributed by atoms with van der Waals surface area (Å²) in [4.78, 5) is 13.7. The maximum absolute atomic E-state index is 14.0. The van der Waals surface area contributed by atoms with Crippen molar-refractivity contribution >= 4 is 18.3 Å². The molecule has 0 aromatic heterocycles. The van der Waals surface area contributed by atoms with E-state index in [9.17, 15) is 22.4 Å². The predicted molar refractivity (Wildman–Crippen MR) is 76.3 cm³/mol. The second kappa shape index (κ2) is 6.83. The maximum Gasteiger partial charge on any atom is 0.419 e. The molecule has 3 nitrogen and oxygen atoms in total. The number of halogens is 5. The van der Waals surface area contributed by atoms with Crippen LogP contribution in [0.4, 0.5) is 17.6 Å². The van der Waals surface area contributed by atoms with Gasteiger partial charge in [0, 0.05) is 12.6 Å². The summed E-state index contributed by atoms with van der Waals surface area (Å²) in [6.45, 7) is 2.50. The van der Waals surface area contributed by atoms with Gasteiger partial charge in [0.1, 0.15) is 5.82 Å². The molecule has 1 aromatic rings. The average Bonchev–Trinajstić information content (AvgIpc) is 2.78. The molecule has 8 heteroatoms. The quantitative estimate of drug-likeness (QED) is 0.841. The van der Waals surface area contributed by atoms with Gasteiger partial charge in [-0.05, 0) is 37.9 Å². The van der Waals surface area contributed by atoms with Crippen molar-refractivity contribution < 1.29 is 22.4 Å². The van der Waals surface area contributed by atoms with Crippen LogP contribution in [0.1, 0.15) is 29.3 Å². The van der Waals surface area contributed by atoms with E-state index in [2.05, 4.69) is 0 Å². The number of alkyl halides is 3. The zero-order chi connectivity index (χ0) is 15.8. The molecule has 0 bridgehead atoms. The summed E-state index contributed by atoms with van der Waals surface area (Å²) >= 11 is 0. The Morgan fingerprint density at radius 2 is 2.05 bits per heavy atom. The van der Waals surface area contributed by atoms with Gasteiger partial charge in [0.2, 0.25) is 0 Å². The van der Waals surface area contributed by atoms with Gasteiger partial charge in [0.05, 0.1) is 11.1 Å². The molecule has 0 radical (unpaired) electrons. The molecule has 1 aromatic carbocycles. The first-order chi connectivity index (χ1) is 9.75. The summed E-state index contributed by atoms with van der Waals surface area (Å²) in [5.74, 6) is -2.14. The third-order valence-corrected chi connectivity index (χ3v) is 3.79. The van der Waals surface area contributed by atoms with Crippen LogP contribution in [-0.4, -0.2) is 29.9 Å². The third kappa shape index (κ3) is 3.52. The number of hydrogen-bond donors (Lipinski definition) is 1. The molecule has 124 valence electrons. The molecule has 2 N–H and O–H groups in total. The molecule has 1 saturated heterocycles. The van der Waals surface area contributed by atoms with Gasteiger partial charge in [0.15, 0.2) is 0 Å². The monoisotopic (exact) mass is 340 g/mol. The van der Waals surface area contributed by atoms with E-state index in [1.54, 1.807) is 6.92 Å². The van der Waals surface area contributed by atoms with E-state index in [1.807, 2.05) is 0 Å². The van der Waals surface area contributed by atoms with Gasteiger partial charge >= 0.3 is 6.18 Å². The number of nitrogens with zero attached hydrogens (tertiary/aromatic N) is 1. The van der Waals surface area contributed by atoms with E-state index in [1.165, 1.54) is 4.90 Å². The molecule has 0 spiro atoms. The minimum absolute atomic E-state index is 0. The Bertz CT molecular complexity index is 550. The van der Waals surface area contributed by atoms with Crippen molar-refractivity contribution in [2.75, 3.05) is 13.1 Å². The van der Waals surface area contributed by atoms with Gasteiger partial charge in [-0.3, -0.25) is 4.79 Å². The van der Waals surface area contributed by atoms with Crippen molar-refractivity contribution in [1.29, 1.82) is 0 Å². The number of likely N-dealkylation sites (tertiary alicyclic amines) is 1. The molecule has 2 unspecified atom stereocenters. The minimum Gasteiger partial charge on any atom is -0.336 e. The molecule has 1 heterocycles. The van der Waals surface area contributed by atoms with E-state index in [4.69, 9.17) is 5.73 Å². The number of benzene rings is 1. The van der Waals surface area contributed by atoms with Crippen LogP contribution in [0.15, 0.2) is 18.2 Å². The Labute approximate surface area is 131 Å². The van der Waals surface area contributed by atoms with E-state index in [0.29, 0.717) is 25.6 Å². The van der Waals surface area contributed by atoms with Crippen LogP contribution in [0.3, 0.4) is 0 Å². The first-order valence-electron chi connectivity index (χ1n) is 6.62. The third-order valence-electron chi connectivity index (χ3n) is 3.79. The highest BCUT2D eigenvalue weighted by molar-refractivity contribution is 5.95. The Morgan fingerprint density at radius 3 is 2.55 bits per heavy atom. The van der Waals surface area contributed by atoms with E-state index >= 15 is 0 Å². The summed E-state index contributed by atoms with van der Waals surface area (Å²) in [5.41, 5.74) is 3.58. The number of carbonyl (C=O) groups excluding carboxylic acids is 1. The first-order valence-corrected chi connectivity index (χ1v) is 6.62.